The molecule has 1 aromatic heterocycles. The maximum Gasteiger partial charge on any atom is 0.235 e. The van der Waals surface area contributed by atoms with Crippen molar-refractivity contribution < 1.29 is 9.90 Å². The number of aromatic nitrogens is 2. The minimum atomic E-state index is -0.0301. The lowest BCUT2D eigenvalue weighted by Gasteiger charge is -2.14. The lowest BCUT2D eigenvalue weighted by molar-refractivity contribution is -0.113. The Morgan fingerprint density at radius 3 is 3.16 bits per heavy atom. The van der Waals surface area contributed by atoms with Gasteiger partial charge in [-0.25, -0.2) is 0 Å². The van der Waals surface area contributed by atoms with Gasteiger partial charge in [0, 0.05) is 12.6 Å². The summed E-state index contributed by atoms with van der Waals surface area (Å²) in [5.74, 6) is 1.31. The number of hydrogen-bond donors (Lipinski definition) is 2. The predicted octanol–water partition coefficient (Wildman–Crippen LogP) is 1.90. The summed E-state index contributed by atoms with van der Waals surface area (Å²) in [4.78, 5) is 11.7. The highest BCUT2D eigenvalue weighted by molar-refractivity contribution is 8.00. The minimum Gasteiger partial charge on any atom is -0.508 e. The zero-order valence-corrected chi connectivity index (χ0v) is 11.1. The number of rotatable bonds is 1. The number of carbonyl (C=O) groups is 1. The molecule has 0 radical (unpaired) electrons. The molecule has 0 fully saturated rings. The number of phenolic OH excluding ortho intramolecular Hbond substituents is 1. The Balaban J connectivity index is 2.09. The highest BCUT2D eigenvalue weighted by Gasteiger charge is 2.26. The molecule has 1 aromatic carbocycles. The maximum atomic E-state index is 11.7. The van der Waals surface area contributed by atoms with Gasteiger partial charge in [-0.3, -0.25) is 9.48 Å². The first-order chi connectivity index (χ1) is 9.15. The predicted molar refractivity (Wildman–Crippen MR) is 74.2 cm³/mol. The van der Waals surface area contributed by atoms with Crippen molar-refractivity contribution in [3.63, 3.8) is 0 Å². The third-order valence-corrected chi connectivity index (χ3v) is 4.35. The van der Waals surface area contributed by atoms with E-state index in [0.29, 0.717) is 5.75 Å². The monoisotopic (exact) mass is 275 g/mol. The van der Waals surface area contributed by atoms with E-state index in [9.17, 15) is 9.90 Å². The molecule has 1 atom stereocenters. The Bertz CT molecular complexity index is 639. The molecule has 1 unspecified atom stereocenters. The normalized spacial score (nSPS) is 18.6. The van der Waals surface area contributed by atoms with Crippen LogP contribution < -0.4 is 5.32 Å². The second-order valence-electron chi connectivity index (χ2n) is 4.41. The van der Waals surface area contributed by atoms with Crippen molar-refractivity contribution in [2.75, 3.05) is 11.1 Å². The van der Waals surface area contributed by atoms with E-state index in [-0.39, 0.29) is 16.9 Å². The fourth-order valence-electron chi connectivity index (χ4n) is 2.18. The van der Waals surface area contributed by atoms with E-state index in [0.717, 1.165) is 16.9 Å². The summed E-state index contributed by atoms with van der Waals surface area (Å²) in [5.41, 5.74) is 1.93. The van der Waals surface area contributed by atoms with Crippen molar-refractivity contribution in [2.24, 2.45) is 7.05 Å². The second kappa shape index (κ2) is 4.62. The van der Waals surface area contributed by atoms with Gasteiger partial charge < -0.3 is 10.4 Å². The van der Waals surface area contributed by atoms with E-state index in [2.05, 4.69) is 10.4 Å². The Kier molecular flexibility index (Phi) is 2.94. The second-order valence-corrected chi connectivity index (χ2v) is 5.50. The van der Waals surface area contributed by atoms with Crippen LogP contribution in [0.3, 0.4) is 0 Å². The number of aromatic hydroxyl groups is 1. The summed E-state index contributed by atoms with van der Waals surface area (Å²) < 4.78 is 1.66. The average Bonchev–Trinajstić information content (AvgIpc) is 2.64. The van der Waals surface area contributed by atoms with Gasteiger partial charge >= 0.3 is 0 Å². The van der Waals surface area contributed by atoms with Gasteiger partial charge in [0.25, 0.3) is 0 Å². The van der Waals surface area contributed by atoms with Crippen LogP contribution in [0.4, 0.5) is 5.82 Å². The molecule has 1 amide bonds. The van der Waals surface area contributed by atoms with Crippen LogP contribution in [0.1, 0.15) is 16.4 Å². The zero-order valence-electron chi connectivity index (χ0n) is 10.3. The van der Waals surface area contributed by atoms with Crippen LogP contribution in [-0.2, 0) is 11.8 Å². The first kappa shape index (κ1) is 12.1. The molecule has 3 rings (SSSR count). The molecule has 19 heavy (non-hydrogen) atoms. The van der Waals surface area contributed by atoms with Gasteiger partial charge in [-0.2, -0.15) is 5.10 Å². The maximum absolute atomic E-state index is 11.7. The first-order valence-electron chi connectivity index (χ1n) is 5.87. The summed E-state index contributed by atoms with van der Waals surface area (Å²) in [6.45, 7) is 0. The summed E-state index contributed by atoms with van der Waals surface area (Å²) >= 11 is 1.53. The number of anilines is 1. The number of benzene rings is 1. The summed E-state index contributed by atoms with van der Waals surface area (Å²) in [5, 5.41) is 16.7. The van der Waals surface area contributed by atoms with Crippen LogP contribution in [-0.4, -0.2) is 26.5 Å². The topological polar surface area (TPSA) is 67.2 Å². The smallest absolute Gasteiger partial charge is 0.235 e. The summed E-state index contributed by atoms with van der Waals surface area (Å²) in [6, 6.07) is 7.12. The highest BCUT2D eigenvalue weighted by atomic mass is 32.2. The summed E-state index contributed by atoms with van der Waals surface area (Å²) in [7, 11) is 1.80. The van der Waals surface area contributed by atoms with Crippen LogP contribution in [0.15, 0.2) is 30.5 Å². The third-order valence-electron chi connectivity index (χ3n) is 3.06. The molecule has 2 aromatic rings. The lowest BCUT2D eigenvalue weighted by Crippen LogP contribution is -2.15. The Morgan fingerprint density at radius 1 is 1.53 bits per heavy atom. The molecule has 5 nitrogen and oxygen atoms in total. The third kappa shape index (κ3) is 2.19. The Hall–Kier alpha value is -1.95. The number of nitrogens with zero attached hydrogens (tertiary/aromatic N) is 2. The average molecular weight is 275 g/mol. The van der Waals surface area contributed by atoms with E-state index in [1.165, 1.54) is 11.8 Å². The number of thioether (sulfide) groups is 1. The largest absolute Gasteiger partial charge is 0.508 e. The molecule has 0 bridgehead atoms. The van der Waals surface area contributed by atoms with Crippen molar-refractivity contribution in [2.45, 2.75) is 5.25 Å². The molecular weight excluding hydrogens is 262 g/mol. The fourth-order valence-corrected chi connectivity index (χ4v) is 3.26. The van der Waals surface area contributed by atoms with Gasteiger partial charge in [0.05, 0.1) is 17.2 Å². The molecular formula is C13H13N3O2S. The van der Waals surface area contributed by atoms with Crippen LogP contribution in [0.2, 0.25) is 0 Å². The van der Waals surface area contributed by atoms with Gasteiger partial charge in [0.2, 0.25) is 5.91 Å². The number of fused-ring (bicyclic) bond motifs is 1. The van der Waals surface area contributed by atoms with Crippen molar-refractivity contribution in [1.29, 1.82) is 0 Å². The first-order valence-corrected chi connectivity index (χ1v) is 6.92. The van der Waals surface area contributed by atoms with Gasteiger partial charge in [-0.05, 0) is 17.7 Å². The van der Waals surface area contributed by atoms with Crippen LogP contribution in [0, 0.1) is 0 Å². The van der Waals surface area contributed by atoms with E-state index in [1.807, 2.05) is 6.07 Å². The number of phenols is 1. The minimum absolute atomic E-state index is 0.00486. The molecule has 0 aliphatic carbocycles. The lowest BCUT2D eigenvalue weighted by atomic mass is 10.1. The molecule has 2 N–H and O–H groups in total. The Morgan fingerprint density at radius 2 is 2.37 bits per heavy atom. The number of amides is 1. The van der Waals surface area contributed by atoms with Crippen molar-refractivity contribution in [3.05, 3.63) is 41.6 Å². The Labute approximate surface area is 114 Å². The molecule has 0 saturated carbocycles. The quantitative estimate of drug-likeness (QED) is 0.834. The number of nitrogens with one attached hydrogen (secondary N) is 1. The standard InChI is InChI=1S/C13H13N3O2S/c1-16-13-10(6-14-16)12(19-7-11(18)15-13)8-3-2-4-9(17)5-8/h2-6,12,17H,7H2,1H3,(H,15,18). The molecule has 6 heteroatoms. The molecule has 1 aliphatic rings. The van der Waals surface area contributed by atoms with Crippen molar-refractivity contribution >= 4 is 23.5 Å². The van der Waals surface area contributed by atoms with E-state index < -0.39 is 0 Å². The molecule has 0 saturated heterocycles. The van der Waals surface area contributed by atoms with E-state index in [1.54, 1.807) is 36.1 Å². The number of carbonyl (C=O) groups excluding carboxylic acids is 1. The number of hydrogen-bond acceptors (Lipinski definition) is 4. The zero-order chi connectivity index (χ0) is 13.4. The molecule has 98 valence electrons. The van der Waals surface area contributed by atoms with Crippen LogP contribution in [0.5, 0.6) is 5.75 Å². The molecule has 2 heterocycles. The van der Waals surface area contributed by atoms with Crippen LogP contribution >= 0.6 is 11.8 Å². The van der Waals surface area contributed by atoms with Gasteiger partial charge in [-0.15, -0.1) is 11.8 Å². The van der Waals surface area contributed by atoms with E-state index in [4.69, 9.17) is 0 Å². The van der Waals surface area contributed by atoms with Crippen LogP contribution in [0.25, 0.3) is 0 Å². The SMILES string of the molecule is Cn1ncc2c1NC(=O)CSC2c1cccc(O)c1. The fraction of sp³-hybridized carbons (Fsp3) is 0.231. The van der Waals surface area contributed by atoms with Crippen molar-refractivity contribution in [1.82, 2.24) is 9.78 Å². The van der Waals surface area contributed by atoms with E-state index >= 15 is 0 Å². The number of aryl methyl sites for hydroxylation is 1. The van der Waals surface area contributed by atoms with Gasteiger partial charge in [0.1, 0.15) is 11.6 Å². The van der Waals surface area contributed by atoms with Crippen molar-refractivity contribution in [3.8, 4) is 5.75 Å². The molecule has 0 spiro atoms. The molecule has 1 aliphatic heterocycles. The summed E-state index contributed by atoms with van der Waals surface area (Å²) in [6.07, 6.45) is 1.77. The van der Waals surface area contributed by atoms with Gasteiger partial charge in [0.15, 0.2) is 0 Å². The van der Waals surface area contributed by atoms with Gasteiger partial charge in [-0.1, -0.05) is 12.1 Å². The highest BCUT2D eigenvalue weighted by Crippen LogP contribution is 2.41.